The predicted molar refractivity (Wildman–Crippen MR) is 98.8 cm³/mol. The first-order valence-electron chi connectivity index (χ1n) is 9.28. The fourth-order valence-corrected chi connectivity index (χ4v) is 3.92. The molecule has 1 aromatic carbocycles. The first kappa shape index (κ1) is 18.5. The SMILES string of the molecule is CC#C[C@@]1(C)[C@H](OCc2ccccc2)CCCC12OCC(C)(C)CO2. The van der Waals surface area contributed by atoms with E-state index in [1.54, 1.807) is 0 Å². The lowest BCUT2D eigenvalue weighted by atomic mass is 9.67. The topological polar surface area (TPSA) is 27.7 Å². The van der Waals surface area contributed by atoms with Gasteiger partial charge in [-0.2, -0.15) is 0 Å². The van der Waals surface area contributed by atoms with Gasteiger partial charge in [-0.05, 0) is 32.3 Å². The molecule has 1 aliphatic heterocycles. The molecule has 25 heavy (non-hydrogen) atoms. The van der Waals surface area contributed by atoms with Crippen LogP contribution in [-0.2, 0) is 20.8 Å². The molecule has 0 aromatic heterocycles. The highest BCUT2D eigenvalue weighted by atomic mass is 16.7. The molecule has 1 heterocycles. The minimum atomic E-state index is -0.662. The molecule has 1 saturated carbocycles. The molecule has 1 aliphatic carbocycles. The molecule has 3 rings (SSSR count). The zero-order chi connectivity index (χ0) is 18.0. The fraction of sp³-hybridized carbons (Fsp3) is 0.636. The second-order valence-electron chi connectivity index (χ2n) is 8.25. The Morgan fingerprint density at radius 2 is 1.80 bits per heavy atom. The van der Waals surface area contributed by atoms with Crippen LogP contribution in [0.1, 0.15) is 52.5 Å². The van der Waals surface area contributed by atoms with Gasteiger partial charge in [0.05, 0.1) is 25.9 Å². The maximum atomic E-state index is 6.37. The Hall–Kier alpha value is -1.34. The van der Waals surface area contributed by atoms with E-state index in [4.69, 9.17) is 14.2 Å². The smallest absolute Gasteiger partial charge is 0.187 e. The average Bonchev–Trinajstić information content (AvgIpc) is 2.60. The summed E-state index contributed by atoms with van der Waals surface area (Å²) in [6.45, 7) is 10.4. The van der Waals surface area contributed by atoms with Gasteiger partial charge in [0.1, 0.15) is 5.41 Å². The third-order valence-electron chi connectivity index (χ3n) is 5.48. The molecule has 2 fully saturated rings. The van der Waals surface area contributed by atoms with E-state index in [1.165, 1.54) is 5.56 Å². The Kier molecular flexibility index (Phi) is 5.25. The van der Waals surface area contributed by atoms with Gasteiger partial charge in [0.25, 0.3) is 0 Å². The maximum Gasteiger partial charge on any atom is 0.187 e. The summed E-state index contributed by atoms with van der Waals surface area (Å²) in [4.78, 5) is 0. The highest BCUT2D eigenvalue weighted by molar-refractivity contribution is 5.21. The lowest BCUT2D eigenvalue weighted by Crippen LogP contribution is -2.63. The zero-order valence-electron chi connectivity index (χ0n) is 15.9. The van der Waals surface area contributed by atoms with Crippen LogP contribution < -0.4 is 0 Å². The number of hydrogen-bond acceptors (Lipinski definition) is 3. The van der Waals surface area contributed by atoms with Crippen LogP contribution in [0.2, 0.25) is 0 Å². The minimum Gasteiger partial charge on any atom is -0.372 e. The predicted octanol–water partition coefficient (Wildman–Crippen LogP) is 4.55. The van der Waals surface area contributed by atoms with E-state index in [-0.39, 0.29) is 11.5 Å². The molecule has 0 unspecified atom stereocenters. The Morgan fingerprint density at radius 1 is 1.12 bits per heavy atom. The van der Waals surface area contributed by atoms with Gasteiger partial charge < -0.3 is 14.2 Å². The summed E-state index contributed by atoms with van der Waals surface area (Å²) in [5.41, 5.74) is 0.759. The van der Waals surface area contributed by atoms with E-state index in [0.717, 1.165) is 19.3 Å². The van der Waals surface area contributed by atoms with E-state index in [2.05, 4.69) is 44.7 Å². The third-order valence-corrected chi connectivity index (χ3v) is 5.48. The van der Waals surface area contributed by atoms with Crippen molar-refractivity contribution in [1.82, 2.24) is 0 Å². The highest BCUT2D eigenvalue weighted by Gasteiger charge is 2.59. The van der Waals surface area contributed by atoms with Crippen LogP contribution in [0.4, 0.5) is 0 Å². The van der Waals surface area contributed by atoms with E-state index < -0.39 is 11.2 Å². The summed E-state index contributed by atoms with van der Waals surface area (Å²) >= 11 is 0. The van der Waals surface area contributed by atoms with Gasteiger partial charge in [-0.15, -0.1) is 5.92 Å². The van der Waals surface area contributed by atoms with Crippen molar-refractivity contribution in [3.05, 3.63) is 35.9 Å². The molecule has 2 atom stereocenters. The molecule has 1 saturated heterocycles. The van der Waals surface area contributed by atoms with Gasteiger partial charge in [0, 0.05) is 11.8 Å². The van der Waals surface area contributed by atoms with E-state index >= 15 is 0 Å². The summed E-state index contributed by atoms with van der Waals surface area (Å²) in [5, 5.41) is 0. The van der Waals surface area contributed by atoms with Crippen molar-refractivity contribution in [2.75, 3.05) is 13.2 Å². The number of ether oxygens (including phenoxy) is 3. The Morgan fingerprint density at radius 3 is 2.44 bits per heavy atom. The van der Waals surface area contributed by atoms with Gasteiger partial charge in [-0.25, -0.2) is 0 Å². The lowest BCUT2D eigenvalue weighted by Gasteiger charge is -2.55. The summed E-state index contributed by atoms with van der Waals surface area (Å²) < 4.78 is 19.1. The van der Waals surface area contributed by atoms with Crippen molar-refractivity contribution in [2.24, 2.45) is 10.8 Å². The molecule has 1 spiro atoms. The summed E-state index contributed by atoms with van der Waals surface area (Å²) in [5.74, 6) is 5.86. The number of hydrogen-bond donors (Lipinski definition) is 0. The summed E-state index contributed by atoms with van der Waals surface area (Å²) in [6, 6.07) is 10.3. The summed E-state index contributed by atoms with van der Waals surface area (Å²) in [6.07, 6.45) is 2.88. The molecule has 3 nitrogen and oxygen atoms in total. The van der Waals surface area contributed by atoms with Gasteiger partial charge in [-0.3, -0.25) is 0 Å². The van der Waals surface area contributed by atoms with Crippen molar-refractivity contribution < 1.29 is 14.2 Å². The first-order valence-corrected chi connectivity index (χ1v) is 9.28. The van der Waals surface area contributed by atoms with E-state index in [0.29, 0.717) is 19.8 Å². The number of rotatable bonds is 3. The van der Waals surface area contributed by atoms with Gasteiger partial charge in [0.2, 0.25) is 0 Å². The molecule has 3 heteroatoms. The fourth-order valence-electron chi connectivity index (χ4n) is 3.92. The van der Waals surface area contributed by atoms with Crippen molar-refractivity contribution in [1.29, 1.82) is 0 Å². The van der Waals surface area contributed by atoms with Crippen LogP contribution in [0.25, 0.3) is 0 Å². The van der Waals surface area contributed by atoms with E-state index in [9.17, 15) is 0 Å². The van der Waals surface area contributed by atoms with Crippen molar-refractivity contribution in [3.63, 3.8) is 0 Å². The molecule has 0 amide bonds. The number of benzene rings is 1. The van der Waals surface area contributed by atoms with Gasteiger partial charge in [-0.1, -0.05) is 50.1 Å². The largest absolute Gasteiger partial charge is 0.372 e. The molecule has 0 radical (unpaired) electrons. The molecule has 1 aromatic rings. The second kappa shape index (κ2) is 7.11. The van der Waals surface area contributed by atoms with Gasteiger partial charge >= 0.3 is 0 Å². The highest BCUT2D eigenvalue weighted by Crippen LogP contribution is 2.51. The third kappa shape index (κ3) is 3.62. The molecular formula is C22H30O3. The van der Waals surface area contributed by atoms with Crippen LogP contribution in [0.5, 0.6) is 0 Å². The standard InChI is InChI=1S/C22H30O3/c1-5-13-21(4)19(23-15-18-10-7-6-8-11-18)12-9-14-22(21)24-16-20(2,3)17-25-22/h6-8,10-11,19H,9,12,14-17H2,1-4H3/t19-,21+/m1/s1. The zero-order valence-corrected chi connectivity index (χ0v) is 15.9. The van der Waals surface area contributed by atoms with Crippen LogP contribution in [0, 0.1) is 22.7 Å². The quantitative estimate of drug-likeness (QED) is 0.754. The van der Waals surface area contributed by atoms with Crippen molar-refractivity contribution >= 4 is 0 Å². The first-order chi connectivity index (χ1) is 11.9. The average molecular weight is 342 g/mol. The normalized spacial score (nSPS) is 30.5. The van der Waals surface area contributed by atoms with E-state index in [1.807, 2.05) is 25.1 Å². The van der Waals surface area contributed by atoms with Crippen LogP contribution in [0.15, 0.2) is 30.3 Å². The molecule has 136 valence electrons. The molecule has 0 N–H and O–H groups in total. The monoisotopic (exact) mass is 342 g/mol. The van der Waals surface area contributed by atoms with Crippen LogP contribution in [0.3, 0.4) is 0 Å². The Labute approximate surface area is 152 Å². The van der Waals surface area contributed by atoms with Crippen LogP contribution in [-0.4, -0.2) is 25.1 Å². The molecule has 2 aliphatic rings. The second-order valence-corrected chi connectivity index (χ2v) is 8.25. The van der Waals surface area contributed by atoms with Gasteiger partial charge in [0.15, 0.2) is 5.79 Å². The summed E-state index contributed by atoms with van der Waals surface area (Å²) in [7, 11) is 0. The van der Waals surface area contributed by atoms with Crippen molar-refractivity contribution in [3.8, 4) is 11.8 Å². The molecular weight excluding hydrogens is 312 g/mol. The Balaban J connectivity index is 1.81. The lowest BCUT2D eigenvalue weighted by molar-refractivity contribution is -0.360. The van der Waals surface area contributed by atoms with Crippen LogP contribution >= 0.6 is 0 Å². The Bertz CT molecular complexity index is 630. The van der Waals surface area contributed by atoms with Crippen molar-refractivity contribution in [2.45, 2.75) is 65.5 Å². The maximum absolute atomic E-state index is 6.37. The minimum absolute atomic E-state index is 0.00452. The molecule has 0 bridgehead atoms.